The smallest absolute Gasteiger partial charge is 0.303 e. The highest BCUT2D eigenvalue weighted by Gasteiger charge is 2.18. The second-order valence-corrected chi connectivity index (χ2v) is 4.52. The number of rotatable bonds is 6. The molecule has 1 aromatic carbocycles. The molecule has 1 unspecified atom stereocenters. The van der Waals surface area contributed by atoms with Gasteiger partial charge in [0.2, 0.25) is 5.91 Å². The van der Waals surface area contributed by atoms with E-state index >= 15 is 0 Å². The van der Waals surface area contributed by atoms with Gasteiger partial charge in [0, 0.05) is 25.1 Å². The SMILES string of the molecule is CCN(C(=O)CC(C)CC(=O)O)c1ccc(F)cc1. The van der Waals surface area contributed by atoms with E-state index in [-0.39, 0.29) is 30.5 Å². The van der Waals surface area contributed by atoms with E-state index in [0.29, 0.717) is 12.2 Å². The highest BCUT2D eigenvalue weighted by molar-refractivity contribution is 5.93. The van der Waals surface area contributed by atoms with Crippen LogP contribution in [-0.2, 0) is 9.59 Å². The van der Waals surface area contributed by atoms with Gasteiger partial charge in [-0.3, -0.25) is 9.59 Å². The largest absolute Gasteiger partial charge is 0.481 e. The van der Waals surface area contributed by atoms with Crippen molar-refractivity contribution in [3.8, 4) is 0 Å². The van der Waals surface area contributed by atoms with Crippen molar-refractivity contribution in [1.82, 2.24) is 0 Å². The van der Waals surface area contributed by atoms with Crippen molar-refractivity contribution >= 4 is 17.6 Å². The predicted octanol–water partition coefficient (Wildman–Crippen LogP) is 2.68. The number of aliphatic carboxylic acids is 1. The predicted molar refractivity (Wildman–Crippen MR) is 70.5 cm³/mol. The average Bonchev–Trinajstić information content (AvgIpc) is 2.31. The van der Waals surface area contributed by atoms with Crippen LogP contribution in [0.4, 0.5) is 10.1 Å². The first-order valence-corrected chi connectivity index (χ1v) is 6.21. The Kier molecular flexibility index (Phi) is 5.48. The maximum Gasteiger partial charge on any atom is 0.303 e. The molecule has 104 valence electrons. The molecule has 0 aromatic heterocycles. The van der Waals surface area contributed by atoms with Crippen LogP contribution in [0.1, 0.15) is 26.7 Å². The topological polar surface area (TPSA) is 57.6 Å². The monoisotopic (exact) mass is 267 g/mol. The van der Waals surface area contributed by atoms with Crippen molar-refractivity contribution in [1.29, 1.82) is 0 Å². The molecule has 0 heterocycles. The molecule has 0 fully saturated rings. The second-order valence-electron chi connectivity index (χ2n) is 4.52. The Morgan fingerprint density at radius 1 is 1.26 bits per heavy atom. The lowest BCUT2D eigenvalue weighted by Gasteiger charge is -2.22. The molecule has 0 saturated carbocycles. The number of carboxylic acids is 1. The maximum atomic E-state index is 12.8. The Balaban J connectivity index is 2.71. The van der Waals surface area contributed by atoms with Gasteiger partial charge in [0.25, 0.3) is 0 Å². The summed E-state index contributed by atoms with van der Waals surface area (Å²) in [6.07, 6.45) is 0.129. The molecule has 1 aromatic rings. The normalized spacial score (nSPS) is 11.9. The zero-order valence-electron chi connectivity index (χ0n) is 11.1. The fraction of sp³-hybridized carbons (Fsp3) is 0.429. The number of benzene rings is 1. The molecular formula is C14H18FNO3. The summed E-state index contributed by atoms with van der Waals surface area (Å²) < 4.78 is 12.8. The number of carbonyl (C=O) groups is 2. The van der Waals surface area contributed by atoms with Gasteiger partial charge in [-0.2, -0.15) is 0 Å². The van der Waals surface area contributed by atoms with E-state index < -0.39 is 5.97 Å². The summed E-state index contributed by atoms with van der Waals surface area (Å²) in [6, 6.07) is 5.68. The zero-order chi connectivity index (χ0) is 14.4. The van der Waals surface area contributed by atoms with Crippen LogP contribution >= 0.6 is 0 Å². The van der Waals surface area contributed by atoms with Gasteiger partial charge < -0.3 is 10.0 Å². The molecule has 0 aliphatic rings. The average molecular weight is 267 g/mol. The zero-order valence-corrected chi connectivity index (χ0v) is 11.1. The van der Waals surface area contributed by atoms with Crippen molar-refractivity contribution in [3.63, 3.8) is 0 Å². The molecule has 1 amide bonds. The van der Waals surface area contributed by atoms with Crippen molar-refractivity contribution in [3.05, 3.63) is 30.1 Å². The summed E-state index contributed by atoms with van der Waals surface area (Å²) >= 11 is 0. The molecule has 0 radical (unpaired) electrons. The third-order valence-electron chi connectivity index (χ3n) is 2.80. The van der Waals surface area contributed by atoms with Crippen LogP contribution in [0.2, 0.25) is 0 Å². The highest BCUT2D eigenvalue weighted by atomic mass is 19.1. The summed E-state index contributed by atoms with van der Waals surface area (Å²) in [4.78, 5) is 24.2. The van der Waals surface area contributed by atoms with Gasteiger partial charge in [0.15, 0.2) is 0 Å². The number of nitrogens with zero attached hydrogens (tertiary/aromatic N) is 1. The molecule has 0 aliphatic heterocycles. The number of hydrogen-bond acceptors (Lipinski definition) is 2. The van der Waals surface area contributed by atoms with E-state index in [1.165, 1.54) is 17.0 Å². The number of carbonyl (C=O) groups excluding carboxylic acids is 1. The Hall–Kier alpha value is -1.91. The summed E-state index contributed by atoms with van der Waals surface area (Å²) in [5.41, 5.74) is 0.622. The molecule has 1 rings (SSSR count). The van der Waals surface area contributed by atoms with Crippen LogP contribution in [0.5, 0.6) is 0 Å². The van der Waals surface area contributed by atoms with Gasteiger partial charge in [-0.1, -0.05) is 6.92 Å². The van der Waals surface area contributed by atoms with Crippen LogP contribution in [0.25, 0.3) is 0 Å². The lowest BCUT2D eigenvalue weighted by Crippen LogP contribution is -2.32. The fourth-order valence-corrected chi connectivity index (χ4v) is 1.90. The Bertz CT molecular complexity index is 445. The molecule has 0 bridgehead atoms. The van der Waals surface area contributed by atoms with E-state index in [4.69, 9.17) is 5.11 Å². The van der Waals surface area contributed by atoms with Gasteiger partial charge in [0.1, 0.15) is 5.82 Å². The first-order valence-electron chi connectivity index (χ1n) is 6.21. The first-order chi connectivity index (χ1) is 8.93. The molecule has 4 nitrogen and oxygen atoms in total. The van der Waals surface area contributed by atoms with E-state index in [1.807, 2.05) is 6.92 Å². The van der Waals surface area contributed by atoms with Crippen LogP contribution in [0, 0.1) is 11.7 Å². The standard InChI is InChI=1S/C14H18FNO3/c1-3-16(12-6-4-11(15)5-7-12)13(17)8-10(2)9-14(18)19/h4-7,10H,3,8-9H2,1-2H3,(H,18,19). The highest BCUT2D eigenvalue weighted by Crippen LogP contribution is 2.18. The molecular weight excluding hydrogens is 249 g/mol. The molecule has 1 N–H and O–H groups in total. The van der Waals surface area contributed by atoms with Crippen LogP contribution < -0.4 is 4.90 Å². The Morgan fingerprint density at radius 2 is 1.84 bits per heavy atom. The summed E-state index contributed by atoms with van der Waals surface area (Å²) in [6.45, 7) is 4.01. The van der Waals surface area contributed by atoms with Crippen LogP contribution in [0.15, 0.2) is 24.3 Å². The molecule has 0 saturated heterocycles. The van der Waals surface area contributed by atoms with Crippen molar-refractivity contribution in [2.75, 3.05) is 11.4 Å². The molecule has 5 heteroatoms. The third kappa shape index (κ3) is 4.69. The lowest BCUT2D eigenvalue weighted by molar-refractivity contribution is -0.138. The molecule has 1 atom stereocenters. The van der Waals surface area contributed by atoms with E-state index in [9.17, 15) is 14.0 Å². The van der Waals surface area contributed by atoms with Crippen LogP contribution in [0.3, 0.4) is 0 Å². The van der Waals surface area contributed by atoms with Gasteiger partial charge in [0.05, 0.1) is 0 Å². The lowest BCUT2D eigenvalue weighted by atomic mass is 10.0. The van der Waals surface area contributed by atoms with E-state index in [2.05, 4.69) is 0 Å². The van der Waals surface area contributed by atoms with Crippen molar-refractivity contribution in [2.45, 2.75) is 26.7 Å². The molecule has 0 aliphatic carbocycles. The minimum Gasteiger partial charge on any atom is -0.481 e. The second kappa shape index (κ2) is 6.87. The quantitative estimate of drug-likeness (QED) is 0.862. The van der Waals surface area contributed by atoms with Crippen molar-refractivity contribution in [2.24, 2.45) is 5.92 Å². The number of carboxylic acid groups (broad SMARTS) is 1. The minimum absolute atomic E-state index is 0.0350. The Labute approximate surface area is 111 Å². The first kappa shape index (κ1) is 15.1. The number of halogens is 1. The number of amides is 1. The van der Waals surface area contributed by atoms with E-state index in [0.717, 1.165) is 0 Å². The van der Waals surface area contributed by atoms with Gasteiger partial charge in [-0.05, 0) is 37.1 Å². The molecule has 19 heavy (non-hydrogen) atoms. The summed E-state index contributed by atoms with van der Waals surface area (Å²) in [5.74, 6) is -1.64. The summed E-state index contributed by atoms with van der Waals surface area (Å²) in [5, 5.41) is 8.67. The van der Waals surface area contributed by atoms with Crippen molar-refractivity contribution < 1.29 is 19.1 Å². The van der Waals surface area contributed by atoms with E-state index in [1.54, 1.807) is 19.1 Å². The fourth-order valence-electron chi connectivity index (χ4n) is 1.90. The van der Waals surface area contributed by atoms with Gasteiger partial charge in [-0.15, -0.1) is 0 Å². The van der Waals surface area contributed by atoms with Gasteiger partial charge in [-0.25, -0.2) is 4.39 Å². The Morgan fingerprint density at radius 3 is 2.32 bits per heavy atom. The summed E-state index contributed by atoms with van der Waals surface area (Å²) in [7, 11) is 0. The number of anilines is 1. The number of hydrogen-bond donors (Lipinski definition) is 1. The van der Waals surface area contributed by atoms with Crippen LogP contribution in [-0.4, -0.2) is 23.5 Å². The minimum atomic E-state index is -0.912. The molecule has 0 spiro atoms. The third-order valence-corrected chi connectivity index (χ3v) is 2.80. The maximum absolute atomic E-state index is 12.8. The van der Waals surface area contributed by atoms with Gasteiger partial charge >= 0.3 is 5.97 Å².